The first kappa shape index (κ1) is 15.9. The van der Waals surface area contributed by atoms with Gasteiger partial charge in [-0.15, -0.1) is 0 Å². The number of aliphatic hydroxyl groups is 2. The Morgan fingerprint density at radius 1 is 0.640 bits per heavy atom. The Kier molecular flexibility index (Phi) is 4.26. The molecule has 0 radical (unpaired) electrons. The molecule has 0 spiro atoms. The van der Waals surface area contributed by atoms with Gasteiger partial charge in [0.25, 0.3) is 0 Å². The van der Waals surface area contributed by atoms with Gasteiger partial charge < -0.3 is 14.8 Å². The molecule has 0 aliphatic carbocycles. The minimum atomic E-state index is 0.151. The highest BCUT2D eigenvalue weighted by Gasteiger charge is 2.13. The fraction of sp³-hybridized carbons (Fsp3) is 0.182. The number of hydrogen-bond acceptors (Lipinski definition) is 2. The minimum absolute atomic E-state index is 0.151. The third-order valence-corrected chi connectivity index (χ3v) is 4.71. The average molecular weight is 331 g/mol. The van der Waals surface area contributed by atoms with E-state index < -0.39 is 0 Å². The molecule has 0 aliphatic heterocycles. The summed E-state index contributed by atoms with van der Waals surface area (Å²) < 4.78 is 2.27. The van der Waals surface area contributed by atoms with E-state index in [0.29, 0.717) is 12.8 Å². The summed E-state index contributed by atoms with van der Waals surface area (Å²) in [6.07, 6.45) is 1.31. The van der Waals surface area contributed by atoms with Crippen LogP contribution in [0.2, 0.25) is 0 Å². The zero-order valence-corrected chi connectivity index (χ0v) is 14.0. The van der Waals surface area contributed by atoms with Gasteiger partial charge in [0.2, 0.25) is 0 Å². The molecule has 0 fully saturated rings. The van der Waals surface area contributed by atoms with Gasteiger partial charge in [-0.2, -0.15) is 0 Å². The molecular formula is C22H21NO2. The van der Waals surface area contributed by atoms with E-state index in [1.54, 1.807) is 0 Å². The van der Waals surface area contributed by atoms with Gasteiger partial charge in [-0.25, -0.2) is 0 Å². The molecule has 0 atom stereocenters. The van der Waals surface area contributed by atoms with E-state index in [0.717, 1.165) is 27.8 Å². The molecule has 0 saturated carbocycles. The number of aliphatic hydroxyl groups excluding tert-OH is 2. The zero-order chi connectivity index (χ0) is 17.2. The monoisotopic (exact) mass is 331 g/mol. The van der Waals surface area contributed by atoms with Crippen molar-refractivity contribution in [2.75, 3.05) is 13.2 Å². The highest BCUT2D eigenvalue weighted by molar-refractivity contribution is 6.09. The molecule has 1 aromatic heterocycles. The van der Waals surface area contributed by atoms with Crippen LogP contribution in [0.25, 0.3) is 27.5 Å². The van der Waals surface area contributed by atoms with E-state index >= 15 is 0 Å². The summed E-state index contributed by atoms with van der Waals surface area (Å²) in [7, 11) is 0. The Labute approximate surface area is 146 Å². The highest BCUT2D eigenvalue weighted by Crippen LogP contribution is 2.33. The van der Waals surface area contributed by atoms with Crippen LogP contribution in [-0.4, -0.2) is 28.0 Å². The Balaban J connectivity index is 2.05. The van der Waals surface area contributed by atoms with Crippen molar-refractivity contribution in [2.24, 2.45) is 0 Å². The van der Waals surface area contributed by atoms with E-state index in [1.165, 1.54) is 10.8 Å². The summed E-state index contributed by atoms with van der Waals surface area (Å²) in [5, 5.41) is 20.9. The van der Waals surface area contributed by atoms with Crippen LogP contribution in [0.1, 0.15) is 11.1 Å². The van der Waals surface area contributed by atoms with E-state index in [-0.39, 0.29) is 13.2 Å². The first-order valence-corrected chi connectivity index (χ1v) is 8.65. The van der Waals surface area contributed by atoms with Gasteiger partial charge >= 0.3 is 0 Å². The molecule has 3 aromatic carbocycles. The van der Waals surface area contributed by atoms with Gasteiger partial charge in [-0.3, -0.25) is 0 Å². The summed E-state index contributed by atoms with van der Waals surface area (Å²) in [4.78, 5) is 0. The van der Waals surface area contributed by atoms with E-state index in [4.69, 9.17) is 0 Å². The van der Waals surface area contributed by atoms with Crippen LogP contribution < -0.4 is 0 Å². The normalized spacial score (nSPS) is 11.4. The molecule has 0 saturated heterocycles. The van der Waals surface area contributed by atoms with Crippen molar-refractivity contribution in [1.29, 1.82) is 0 Å². The zero-order valence-electron chi connectivity index (χ0n) is 14.0. The van der Waals surface area contributed by atoms with E-state index in [1.807, 2.05) is 18.2 Å². The molecule has 4 aromatic rings. The van der Waals surface area contributed by atoms with E-state index in [9.17, 15) is 10.2 Å². The lowest BCUT2D eigenvalue weighted by Gasteiger charge is -2.08. The minimum Gasteiger partial charge on any atom is -0.396 e. The van der Waals surface area contributed by atoms with Gasteiger partial charge in [0.05, 0.1) is 11.0 Å². The van der Waals surface area contributed by atoms with Gasteiger partial charge in [0, 0.05) is 29.7 Å². The van der Waals surface area contributed by atoms with Gasteiger partial charge in [-0.1, -0.05) is 30.3 Å². The lowest BCUT2D eigenvalue weighted by Crippen LogP contribution is -1.94. The van der Waals surface area contributed by atoms with Crippen molar-refractivity contribution >= 4 is 21.8 Å². The molecule has 4 rings (SSSR count). The molecular weight excluding hydrogens is 310 g/mol. The number of fused-ring (bicyclic) bond motifs is 3. The number of benzene rings is 3. The lowest BCUT2D eigenvalue weighted by atomic mass is 10.0. The van der Waals surface area contributed by atoms with Crippen molar-refractivity contribution in [3.8, 4) is 5.69 Å². The maximum atomic E-state index is 9.27. The highest BCUT2D eigenvalue weighted by atomic mass is 16.3. The predicted octanol–water partition coefficient (Wildman–Crippen LogP) is 3.85. The summed E-state index contributed by atoms with van der Waals surface area (Å²) in [5.74, 6) is 0. The van der Waals surface area contributed by atoms with Crippen LogP contribution in [-0.2, 0) is 12.8 Å². The first-order valence-electron chi connectivity index (χ1n) is 8.65. The molecule has 2 N–H and O–H groups in total. The molecule has 1 heterocycles. The number of nitrogens with zero attached hydrogens (tertiary/aromatic N) is 1. The smallest absolute Gasteiger partial charge is 0.0541 e. The van der Waals surface area contributed by atoms with Crippen LogP contribution in [0.4, 0.5) is 0 Å². The third-order valence-electron chi connectivity index (χ3n) is 4.71. The number of aromatic nitrogens is 1. The Bertz CT molecular complexity index is 955. The maximum Gasteiger partial charge on any atom is 0.0541 e. The SMILES string of the molecule is OCCc1ccc2c(c1)c1cc(CCO)ccc1n2-c1ccccc1. The fourth-order valence-corrected chi connectivity index (χ4v) is 3.54. The van der Waals surface area contributed by atoms with Crippen molar-refractivity contribution in [3.05, 3.63) is 77.9 Å². The fourth-order valence-electron chi connectivity index (χ4n) is 3.54. The molecule has 0 amide bonds. The van der Waals surface area contributed by atoms with Crippen molar-refractivity contribution < 1.29 is 10.2 Å². The quantitative estimate of drug-likeness (QED) is 0.583. The first-order chi connectivity index (χ1) is 12.3. The van der Waals surface area contributed by atoms with Crippen molar-refractivity contribution in [1.82, 2.24) is 4.57 Å². The van der Waals surface area contributed by atoms with Crippen molar-refractivity contribution in [3.63, 3.8) is 0 Å². The van der Waals surface area contributed by atoms with Gasteiger partial charge in [0.15, 0.2) is 0 Å². The van der Waals surface area contributed by atoms with Crippen LogP contribution in [0.5, 0.6) is 0 Å². The molecule has 126 valence electrons. The number of rotatable bonds is 5. The molecule has 0 bridgehead atoms. The van der Waals surface area contributed by atoms with Crippen molar-refractivity contribution in [2.45, 2.75) is 12.8 Å². The van der Waals surface area contributed by atoms with Gasteiger partial charge in [0.1, 0.15) is 0 Å². The standard InChI is InChI=1S/C22H21NO2/c24-12-10-16-6-8-21-19(14-16)20-15-17(11-13-25)7-9-22(20)23(21)18-4-2-1-3-5-18/h1-9,14-15,24-25H,10-13H2. The molecule has 3 heteroatoms. The summed E-state index contributed by atoms with van der Waals surface area (Å²) in [6.45, 7) is 0.303. The van der Waals surface area contributed by atoms with Crippen LogP contribution in [0, 0.1) is 0 Å². The maximum absolute atomic E-state index is 9.27. The van der Waals surface area contributed by atoms with Crippen LogP contribution >= 0.6 is 0 Å². The second kappa shape index (κ2) is 6.71. The summed E-state index contributed by atoms with van der Waals surface area (Å²) in [6, 6.07) is 23.2. The number of hydrogen-bond donors (Lipinski definition) is 2. The molecule has 3 nitrogen and oxygen atoms in total. The van der Waals surface area contributed by atoms with Gasteiger partial charge in [-0.05, 0) is 60.4 Å². The predicted molar refractivity (Wildman–Crippen MR) is 102 cm³/mol. The average Bonchev–Trinajstić information content (AvgIpc) is 2.96. The van der Waals surface area contributed by atoms with E-state index in [2.05, 4.69) is 53.1 Å². The Morgan fingerprint density at radius 2 is 1.16 bits per heavy atom. The molecule has 0 unspecified atom stereocenters. The lowest BCUT2D eigenvalue weighted by molar-refractivity contribution is 0.299. The largest absolute Gasteiger partial charge is 0.396 e. The third kappa shape index (κ3) is 2.82. The second-order valence-electron chi connectivity index (χ2n) is 6.32. The Morgan fingerprint density at radius 3 is 1.64 bits per heavy atom. The Hall–Kier alpha value is -2.62. The molecule has 0 aliphatic rings. The van der Waals surface area contributed by atoms with Crippen LogP contribution in [0.3, 0.4) is 0 Å². The number of para-hydroxylation sites is 1. The topological polar surface area (TPSA) is 45.4 Å². The summed E-state index contributed by atoms with van der Waals surface area (Å²) in [5.41, 5.74) is 5.71. The molecule has 25 heavy (non-hydrogen) atoms. The second-order valence-corrected chi connectivity index (χ2v) is 6.32. The van der Waals surface area contributed by atoms with Crippen LogP contribution in [0.15, 0.2) is 66.7 Å². The summed E-state index contributed by atoms with van der Waals surface area (Å²) >= 11 is 0.